The monoisotopic (exact) mass is 372 g/mol. The van der Waals surface area contributed by atoms with E-state index in [4.69, 9.17) is 14.2 Å². The van der Waals surface area contributed by atoms with Crippen LogP contribution in [0.2, 0.25) is 0 Å². The van der Waals surface area contributed by atoms with Gasteiger partial charge in [-0.2, -0.15) is 0 Å². The van der Waals surface area contributed by atoms with E-state index in [0.717, 1.165) is 22.4 Å². The zero-order valence-corrected chi connectivity index (χ0v) is 15.8. The minimum absolute atomic E-state index is 0.113. The fourth-order valence-corrected chi connectivity index (χ4v) is 3.08. The van der Waals surface area contributed by atoms with Gasteiger partial charge in [0.2, 0.25) is 5.78 Å². The Morgan fingerprint density at radius 3 is 2.64 bits per heavy atom. The van der Waals surface area contributed by atoms with Crippen LogP contribution in [0.5, 0.6) is 17.2 Å². The summed E-state index contributed by atoms with van der Waals surface area (Å²) in [6, 6.07) is 20.9. The molecule has 0 spiro atoms. The minimum atomic E-state index is -0.113. The third kappa shape index (κ3) is 3.62. The van der Waals surface area contributed by atoms with Crippen LogP contribution < -0.4 is 14.2 Å². The molecule has 1 aliphatic heterocycles. The Kier molecular flexibility index (Phi) is 4.85. The number of rotatable bonds is 5. The van der Waals surface area contributed by atoms with E-state index in [-0.39, 0.29) is 5.78 Å². The smallest absolute Gasteiger partial charge is 0.231 e. The van der Waals surface area contributed by atoms with Gasteiger partial charge in [-0.1, -0.05) is 36.4 Å². The predicted molar refractivity (Wildman–Crippen MR) is 108 cm³/mol. The molecule has 0 saturated carbocycles. The van der Waals surface area contributed by atoms with Crippen LogP contribution in [0.4, 0.5) is 0 Å². The number of carbonyl (C=O) groups is 1. The van der Waals surface area contributed by atoms with E-state index in [2.05, 4.69) is 0 Å². The number of aryl methyl sites for hydroxylation is 1. The quantitative estimate of drug-likeness (QED) is 0.578. The summed E-state index contributed by atoms with van der Waals surface area (Å²) >= 11 is 0. The Balaban J connectivity index is 1.51. The first-order chi connectivity index (χ1) is 13.6. The maximum atomic E-state index is 12.6. The molecule has 0 aromatic heterocycles. The fourth-order valence-electron chi connectivity index (χ4n) is 3.08. The molecule has 0 radical (unpaired) electrons. The van der Waals surface area contributed by atoms with Crippen LogP contribution in [-0.2, 0) is 6.61 Å². The number of ether oxygens (including phenoxy) is 3. The zero-order chi connectivity index (χ0) is 19.5. The average Bonchev–Trinajstić information content (AvgIpc) is 3.03. The molecule has 4 heteroatoms. The minimum Gasteiger partial charge on any atom is -0.497 e. The normalized spacial score (nSPS) is 13.9. The molecule has 0 unspecified atom stereocenters. The largest absolute Gasteiger partial charge is 0.497 e. The summed E-state index contributed by atoms with van der Waals surface area (Å²) in [4.78, 5) is 12.6. The summed E-state index contributed by atoms with van der Waals surface area (Å²) in [7, 11) is 1.64. The SMILES string of the molecule is COc1cccc(COc2ccc3c(c2)O/C(=C\c2ccccc2C)C3=O)c1. The highest BCUT2D eigenvalue weighted by atomic mass is 16.5. The molecule has 0 saturated heterocycles. The molecule has 3 aromatic rings. The third-order valence-corrected chi connectivity index (χ3v) is 4.66. The lowest BCUT2D eigenvalue weighted by Crippen LogP contribution is -1.98. The molecule has 1 heterocycles. The maximum absolute atomic E-state index is 12.6. The van der Waals surface area contributed by atoms with Gasteiger partial charge >= 0.3 is 0 Å². The molecule has 0 aliphatic carbocycles. The Morgan fingerprint density at radius 2 is 1.82 bits per heavy atom. The Bertz CT molecular complexity index is 1070. The maximum Gasteiger partial charge on any atom is 0.231 e. The topological polar surface area (TPSA) is 44.8 Å². The number of fused-ring (bicyclic) bond motifs is 1. The number of carbonyl (C=O) groups excluding carboxylic acids is 1. The standard InChI is InChI=1S/C24H20O4/c1-16-6-3-4-8-18(16)13-23-24(25)21-11-10-20(14-22(21)28-23)27-15-17-7-5-9-19(12-17)26-2/h3-14H,15H2,1-2H3/b23-13-. The van der Waals surface area contributed by atoms with Crippen molar-refractivity contribution < 1.29 is 19.0 Å². The van der Waals surface area contributed by atoms with Gasteiger partial charge in [-0.15, -0.1) is 0 Å². The summed E-state index contributed by atoms with van der Waals surface area (Å²) < 4.78 is 16.9. The van der Waals surface area contributed by atoms with Crippen molar-refractivity contribution in [1.82, 2.24) is 0 Å². The summed E-state index contributed by atoms with van der Waals surface area (Å²) in [5, 5.41) is 0. The number of hydrogen-bond acceptors (Lipinski definition) is 4. The van der Waals surface area contributed by atoms with Gasteiger partial charge in [0.1, 0.15) is 23.9 Å². The van der Waals surface area contributed by atoms with Crippen LogP contribution in [0.1, 0.15) is 27.0 Å². The zero-order valence-electron chi connectivity index (χ0n) is 15.8. The molecule has 0 bridgehead atoms. The van der Waals surface area contributed by atoms with Crippen molar-refractivity contribution >= 4 is 11.9 Å². The number of methoxy groups -OCH3 is 1. The summed E-state index contributed by atoms with van der Waals surface area (Å²) in [5.41, 5.74) is 3.60. The fraction of sp³-hybridized carbons (Fsp3) is 0.125. The van der Waals surface area contributed by atoms with E-state index < -0.39 is 0 Å². The highest BCUT2D eigenvalue weighted by Crippen LogP contribution is 2.35. The molecule has 0 fully saturated rings. The number of benzene rings is 3. The van der Waals surface area contributed by atoms with Crippen molar-refractivity contribution in [3.8, 4) is 17.2 Å². The first-order valence-corrected chi connectivity index (χ1v) is 9.04. The highest BCUT2D eigenvalue weighted by molar-refractivity contribution is 6.14. The molecular formula is C24H20O4. The second-order valence-corrected chi connectivity index (χ2v) is 6.59. The summed E-state index contributed by atoms with van der Waals surface area (Å²) in [6.45, 7) is 2.40. The van der Waals surface area contributed by atoms with E-state index >= 15 is 0 Å². The molecule has 140 valence electrons. The first kappa shape index (κ1) is 17.9. The molecule has 4 rings (SSSR count). The Hall–Kier alpha value is -3.53. The van der Waals surface area contributed by atoms with E-state index in [1.54, 1.807) is 31.4 Å². The van der Waals surface area contributed by atoms with E-state index in [1.165, 1.54) is 0 Å². The summed E-state index contributed by atoms with van der Waals surface area (Å²) in [5.74, 6) is 2.17. The van der Waals surface area contributed by atoms with Crippen molar-refractivity contribution in [2.24, 2.45) is 0 Å². The lowest BCUT2D eigenvalue weighted by atomic mass is 10.1. The van der Waals surface area contributed by atoms with Crippen molar-refractivity contribution in [1.29, 1.82) is 0 Å². The van der Waals surface area contributed by atoms with Crippen LogP contribution in [0.25, 0.3) is 6.08 Å². The van der Waals surface area contributed by atoms with Crippen LogP contribution >= 0.6 is 0 Å². The van der Waals surface area contributed by atoms with Gasteiger partial charge in [-0.25, -0.2) is 0 Å². The third-order valence-electron chi connectivity index (χ3n) is 4.66. The summed E-state index contributed by atoms with van der Waals surface area (Å²) in [6.07, 6.45) is 1.79. The van der Waals surface area contributed by atoms with Crippen molar-refractivity contribution in [2.75, 3.05) is 7.11 Å². The van der Waals surface area contributed by atoms with Gasteiger partial charge in [-0.05, 0) is 54.0 Å². The Morgan fingerprint density at radius 1 is 0.964 bits per heavy atom. The molecule has 3 aromatic carbocycles. The van der Waals surface area contributed by atoms with Gasteiger partial charge < -0.3 is 14.2 Å². The Labute approximate surface area is 164 Å². The molecule has 28 heavy (non-hydrogen) atoms. The lowest BCUT2D eigenvalue weighted by Gasteiger charge is -2.08. The van der Waals surface area contributed by atoms with Crippen molar-refractivity contribution in [2.45, 2.75) is 13.5 Å². The van der Waals surface area contributed by atoms with Crippen LogP contribution in [-0.4, -0.2) is 12.9 Å². The average molecular weight is 372 g/mol. The van der Waals surface area contributed by atoms with Crippen LogP contribution in [0.15, 0.2) is 72.5 Å². The molecule has 0 amide bonds. The van der Waals surface area contributed by atoms with E-state index in [9.17, 15) is 4.79 Å². The molecule has 0 atom stereocenters. The number of ketones is 1. The van der Waals surface area contributed by atoms with Crippen molar-refractivity contribution in [3.05, 3.63) is 94.7 Å². The highest BCUT2D eigenvalue weighted by Gasteiger charge is 2.27. The van der Waals surface area contributed by atoms with Gasteiger partial charge in [0.05, 0.1) is 12.7 Å². The van der Waals surface area contributed by atoms with Crippen LogP contribution in [0.3, 0.4) is 0 Å². The number of hydrogen-bond donors (Lipinski definition) is 0. The van der Waals surface area contributed by atoms with Gasteiger partial charge in [0.25, 0.3) is 0 Å². The second kappa shape index (κ2) is 7.61. The molecule has 4 nitrogen and oxygen atoms in total. The first-order valence-electron chi connectivity index (χ1n) is 9.04. The molecule has 1 aliphatic rings. The second-order valence-electron chi connectivity index (χ2n) is 6.59. The predicted octanol–water partition coefficient (Wildman–Crippen LogP) is 5.20. The van der Waals surface area contributed by atoms with Crippen LogP contribution in [0, 0.1) is 6.92 Å². The van der Waals surface area contributed by atoms with E-state index in [0.29, 0.717) is 29.4 Å². The van der Waals surface area contributed by atoms with Crippen molar-refractivity contribution in [3.63, 3.8) is 0 Å². The van der Waals surface area contributed by atoms with Gasteiger partial charge in [0.15, 0.2) is 5.76 Å². The molecule has 0 N–H and O–H groups in total. The van der Waals surface area contributed by atoms with Gasteiger partial charge in [0, 0.05) is 6.07 Å². The lowest BCUT2D eigenvalue weighted by molar-refractivity contribution is 0.101. The van der Waals surface area contributed by atoms with Gasteiger partial charge in [-0.3, -0.25) is 4.79 Å². The number of allylic oxidation sites excluding steroid dienone is 1. The van der Waals surface area contributed by atoms with E-state index in [1.807, 2.05) is 55.5 Å². The molecular weight excluding hydrogens is 352 g/mol. The number of Topliss-reactive ketones (excluding diaryl/α,β-unsaturated/α-hetero) is 1.